The Morgan fingerprint density at radius 3 is 2.35 bits per heavy atom. The van der Waals surface area contributed by atoms with E-state index in [1.54, 1.807) is 36.4 Å². The zero-order valence-corrected chi connectivity index (χ0v) is 16.1. The van der Waals surface area contributed by atoms with Crippen LogP contribution in [0.3, 0.4) is 0 Å². The summed E-state index contributed by atoms with van der Waals surface area (Å²) in [6.07, 6.45) is 0.544. The van der Waals surface area contributed by atoms with E-state index < -0.39 is 33.2 Å². The molecule has 1 N–H and O–H groups in total. The largest absolute Gasteiger partial charge is 0.290 e. The number of ketones is 1. The van der Waals surface area contributed by atoms with E-state index in [2.05, 4.69) is 4.72 Å². The topological polar surface area (TPSA) is 46.2 Å². The number of hydrogen-bond donors (Lipinski definition) is 1. The molecule has 0 aromatic heterocycles. The molecule has 0 radical (unpaired) electrons. The molecule has 0 spiro atoms. The summed E-state index contributed by atoms with van der Waals surface area (Å²) >= 11 is 0. The zero-order chi connectivity index (χ0) is 18.9. The SMILES string of the molecule is CC(C)(C)[S@@](=O)N[C@H](c1ccccc1)[C@]1(F)CCc2ccccc2C1=O. The van der Waals surface area contributed by atoms with Crippen molar-refractivity contribution in [3.63, 3.8) is 0 Å². The van der Waals surface area contributed by atoms with Crippen molar-refractivity contribution in [1.29, 1.82) is 0 Å². The number of nitrogens with one attached hydrogen (secondary N) is 1. The number of Topliss-reactive ketones (excluding diaryl/α,β-unsaturated/α-hetero) is 1. The molecule has 3 nitrogen and oxygen atoms in total. The Balaban J connectivity index is 2.04. The number of alkyl halides is 1. The summed E-state index contributed by atoms with van der Waals surface area (Å²) in [4.78, 5) is 13.1. The maximum atomic E-state index is 16.2. The van der Waals surface area contributed by atoms with E-state index >= 15 is 4.39 Å². The minimum Gasteiger partial charge on any atom is -0.290 e. The number of aryl methyl sites for hydroxylation is 1. The molecule has 0 heterocycles. The van der Waals surface area contributed by atoms with E-state index in [0.717, 1.165) is 5.56 Å². The molecule has 0 fully saturated rings. The van der Waals surface area contributed by atoms with E-state index in [1.807, 2.05) is 39.0 Å². The maximum Gasteiger partial charge on any atom is 0.202 e. The van der Waals surface area contributed by atoms with E-state index in [-0.39, 0.29) is 6.42 Å². The Hall–Kier alpha value is -1.85. The van der Waals surface area contributed by atoms with Crippen LogP contribution in [0, 0.1) is 0 Å². The van der Waals surface area contributed by atoms with E-state index in [4.69, 9.17) is 0 Å². The quantitative estimate of drug-likeness (QED) is 0.868. The first-order valence-corrected chi connectivity index (χ1v) is 9.93. The van der Waals surface area contributed by atoms with Gasteiger partial charge in [0, 0.05) is 5.56 Å². The van der Waals surface area contributed by atoms with Gasteiger partial charge >= 0.3 is 0 Å². The van der Waals surface area contributed by atoms with E-state index in [0.29, 0.717) is 17.5 Å². The van der Waals surface area contributed by atoms with Gasteiger partial charge in [0.25, 0.3) is 0 Å². The average molecular weight is 373 g/mol. The molecule has 0 unspecified atom stereocenters. The van der Waals surface area contributed by atoms with Gasteiger partial charge in [0.05, 0.1) is 21.8 Å². The highest BCUT2D eigenvalue weighted by molar-refractivity contribution is 7.84. The minimum atomic E-state index is -2.14. The molecule has 2 aromatic carbocycles. The maximum absolute atomic E-state index is 16.2. The van der Waals surface area contributed by atoms with Crippen LogP contribution in [-0.4, -0.2) is 20.4 Å². The number of carbonyl (C=O) groups is 1. The molecule has 1 aliphatic rings. The van der Waals surface area contributed by atoms with Gasteiger partial charge in [0.15, 0.2) is 5.67 Å². The van der Waals surface area contributed by atoms with Gasteiger partial charge in [0.1, 0.15) is 0 Å². The van der Waals surface area contributed by atoms with Crippen LogP contribution in [0.1, 0.15) is 54.7 Å². The van der Waals surface area contributed by atoms with Gasteiger partial charge in [-0.05, 0) is 44.7 Å². The summed E-state index contributed by atoms with van der Waals surface area (Å²) in [5.74, 6) is -0.536. The van der Waals surface area contributed by atoms with E-state index in [1.165, 1.54) is 0 Å². The molecule has 2 aromatic rings. The van der Waals surface area contributed by atoms with Crippen molar-refractivity contribution in [1.82, 2.24) is 4.72 Å². The average Bonchev–Trinajstić information content (AvgIpc) is 2.63. The molecule has 26 heavy (non-hydrogen) atoms. The highest BCUT2D eigenvalue weighted by Gasteiger charge is 2.50. The van der Waals surface area contributed by atoms with Crippen LogP contribution in [0.5, 0.6) is 0 Å². The molecular formula is C21H24FNO2S. The standard InChI is InChI=1S/C21H24FNO2S/c1-20(2,3)26(25)23-18(16-10-5-4-6-11-16)21(22)14-13-15-9-7-8-12-17(15)19(21)24/h4-12,18,23H,13-14H2,1-3H3/t18-,21-,26-/m1/s1. The van der Waals surface area contributed by atoms with Crippen LogP contribution in [0.15, 0.2) is 54.6 Å². The number of benzene rings is 2. The zero-order valence-electron chi connectivity index (χ0n) is 15.3. The third-order valence-electron chi connectivity index (χ3n) is 4.77. The van der Waals surface area contributed by atoms with Crippen LogP contribution in [0.4, 0.5) is 4.39 Å². The van der Waals surface area contributed by atoms with Crippen molar-refractivity contribution in [3.05, 3.63) is 71.3 Å². The lowest BCUT2D eigenvalue weighted by molar-refractivity contribution is 0.0534. The smallest absolute Gasteiger partial charge is 0.202 e. The molecule has 3 rings (SSSR count). The Kier molecular flexibility index (Phi) is 5.13. The van der Waals surface area contributed by atoms with Crippen molar-refractivity contribution >= 4 is 16.8 Å². The van der Waals surface area contributed by atoms with Crippen molar-refractivity contribution in [2.75, 3.05) is 0 Å². The minimum absolute atomic E-state index is 0.0662. The molecule has 5 heteroatoms. The van der Waals surface area contributed by atoms with Crippen LogP contribution >= 0.6 is 0 Å². The second kappa shape index (κ2) is 7.05. The fourth-order valence-electron chi connectivity index (χ4n) is 3.24. The van der Waals surface area contributed by atoms with Gasteiger partial charge in [-0.1, -0.05) is 54.6 Å². The first-order valence-electron chi connectivity index (χ1n) is 8.78. The molecule has 0 amide bonds. The lowest BCUT2D eigenvalue weighted by Crippen LogP contribution is -2.51. The highest BCUT2D eigenvalue weighted by atomic mass is 32.2. The molecular weight excluding hydrogens is 349 g/mol. The summed E-state index contributed by atoms with van der Waals surface area (Å²) in [6.45, 7) is 5.46. The normalized spacial score (nSPS) is 22.5. The molecule has 3 atom stereocenters. The van der Waals surface area contributed by atoms with Crippen LogP contribution in [0.25, 0.3) is 0 Å². The van der Waals surface area contributed by atoms with Gasteiger partial charge < -0.3 is 0 Å². The molecule has 0 saturated carbocycles. The Morgan fingerprint density at radius 2 is 1.69 bits per heavy atom. The van der Waals surface area contributed by atoms with Crippen molar-refractivity contribution in [2.24, 2.45) is 0 Å². The monoisotopic (exact) mass is 373 g/mol. The van der Waals surface area contributed by atoms with Crippen LogP contribution in [0.2, 0.25) is 0 Å². The summed E-state index contributed by atoms with van der Waals surface area (Å²) in [7, 11) is -1.51. The van der Waals surface area contributed by atoms with Crippen molar-refractivity contribution < 1.29 is 13.4 Å². The second-order valence-electron chi connectivity index (χ2n) is 7.69. The molecule has 0 aliphatic heterocycles. The lowest BCUT2D eigenvalue weighted by atomic mass is 9.75. The fraction of sp³-hybridized carbons (Fsp3) is 0.381. The van der Waals surface area contributed by atoms with Crippen molar-refractivity contribution in [2.45, 2.75) is 50.1 Å². The lowest BCUT2D eigenvalue weighted by Gasteiger charge is -2.37. The summed E-state index contributed by atoms with van der Waals surface area (Å²) in [5, 5.41) is 0. The van der Waals surface area contributed by atoms with Gasteiger partial charge in [-0.3, -0.25) is 4.79 Å². The Labute approximate surface area is 156 Å². The number of halogens is 1. The predicted molar refractivity (Wildman–Crippen MR) is 103 cm³/mol. The first-order chi connectivity index (χ1) is 12.2. The van der Waals surface area contributed by atoms with Crippen LogP contribution < -0.4 is 4.72 Å². The molecule has 1 aliphatic carbocycles. The molecule has 0 saturated heterocycles. The second-order valence-corrected chi connectivity index (χ2v) is 9.69. The predicted octanol–water partition coefficient (Wildman–Crippen LogP) is 4.32. The fourth-order valence-corrected chi connectivity index (χ4v) is 4.13. The number of hydrogen-bond acceptors (Lipinski definition) is 2. The van der Waals surface area contributed by atoms with Gasteiger partial charge in [-0.25, -0.2) is 13.3 Å². The summed E-state index contributed by atoms with van der Waals surface area (Å²) < 4.78 is 31.3. The summed E-state index contributed by atoms with van der Waals surface area (Å²) in [5.41, 5.74) is -0.225. The highest BCUT2D eigenvalue weighted by Crippen LogP contribution is 2.41. The molecule has 0 bridgehead atoms. The van der Waals surface area contributed by atoms with Gasteiger partial charge in [-0.2, -0.15) is 0 Å². The Bertz CT molecular complexity index is 831. The third-order valence-corrected chi connectivity index (χ3v) is 6.33. The van der Waals surface area contributed by atoms with Crippen molar-refractivity contribution in [3.8, 4) is 0 Å². The number of fused-ring (bicyclic) bond motifs is 1. The van der Waals surface area contributed by atoms with Crippen LogP contribution in [-0.2, 0) is 17.4 Å². The van der Waals surface area contributed by atoms with Gasteiger partial charge in [-0.15, -0.1) is 0 Å². The van der Waals surface area contributed by atoms with Gasteiger partial charge in [0.2, 0.25) is 5.78 Å². The summed E-state index contributed by atoms with van der Waals surface area (Å²) in [6, 6.07) is 15.2. The first kappa shape index (κ1) is 18.9. The number of carbonyl (C=O) groups excluding carboxylic acids is 1. The van der Waals surface area contributed by atoms with E-state index in [9.17, 15) is 9.00 Å². The number of rotatable bonds is 4. The Morgan fingerprint density at radius 1 is 1.08 bits per heavy atom. The third kappa shape index (κ3) is 3.51. The molecule has 138 valence electrons.